The number of aryl methyl sites for hydroxylation is 2. The molecule has 9 heteroatoms. The lowest BCUT2D eigenvalue weighted by Crippen LogP contribution is -2.51. The Hall–Kier alpha value is -3.85. The van der Waals surface area contributed by atoms with Gasteiger partial charge in [0.05, 0.1) is 17.7 Å². The van der Waals surface area contributed by atoms with E-state index in [9.17, 15) is 18.0 Å². The Labute approximate surface area is 238 Å². The fourth-order valence-corrected chi connectivity index (χ4v) is 5.45. The molecule has 0 aliphatic heterocycles. The molecule has 3 aromatic carbocycles. The van der Waals surface area contributed by atoms with Crippen LogP contribution in [0.4, 0.5) is 5.69 Å². The summed E-state index contributed by atoms with van der Waals surface area (Å²) < 4.78 is 34.1. The van der Waals surface area contributed by atoms with Crippen LogP contribution in [-0.4, -0.2) is 51.4 Å². The number of nitrogens with zero attached hydrogens (tertiary/aromatic N) is 2. The van der Waals surface area contributed by atoms with Gasteiger partial charge in [-0.2, -0.15) is 0 Å². The number of ether oxygens (including phenoxy) is 1. The molecule has 0 radical (unpaired) electrons. The number of rotatable bonds is 12. The van der Waals surface area contributed by atoms with Crippen LogP contribution in [0.1, 0.15) is 37.5 Å². The summed E-state index contributed by atoms with van der Waals surface area (Å²) in [7, 11) is -2.60. The Kier molecular flexibility index (Phi) is 10.3. The molecule has 0 aliphatic rings. The maximum atomic E-state index is 14.0. The zero-order valence-electron chi connectivity index (χ0n) is 24.0. The molecule has 0 saturated heterocycles. The van der Waals surface area contributed by atoms with Crippen LogP contribution in [0.25, 0.3) is 0 Å². The molecule has 8 nitrogen and oxygen atoms in total. The summed E-state index contributed by atoms with van der Waals surface area (Å²) in [4.78, 5) is 28.5. The minimum atomic E-state index is -4.12. The first kappa shape index (κ1) is 30.7. The lowest BCUT2D eigenvalue weighted by molar-refractivity contribution is -0.139. The first-order chi connectivity index (χ1) is 18.9. The number of sulfonamides is 1. The zero-order chi connectivity index (χ0) is 29.4. The molecule has 1 atom stereocenters. The molecular weight excluding hydrogens is 526 g/mol. The average Bonchev–Trinajstić information content (AvgIpc) is 2.94. The Balaban J connectivity index is 2.01. The fraction of sp³-hybridized carbons (Fsp3) is 0.355. The van der Waals surface area contributed by atoms with Crippen LogP contribution < -0.4 is 14.4 Å². The summed E-state index contributed by atoms with van der Waals surface area (Å²) in [5.74, 6) is -0.00681. The molecule has 3 aromatic rings. The molecular formula is C31H39N3O5S. The minimum absolute atomic E-state index is 0.0644. The van der Waals surface area contributed by atoms with Gasteiger partial charge >= 0.3 is 0 Å². The Bertz CT molecular complexity index is 1390. The Morgan fingerprint density at radius 1 is 0.850 bits per heavy atom. The van der Waals surface area contributed by atoms with Crippen molar-refractivity contribution in [3.63, 3.8) is 0 Å². The number of anilines is 1. The Morgan fingerprint density at radius 3 is 1.93 bits per heavy atom. The topological polar surface area (TPSA) is 96.0 Å². The second-order valence-corrected chi connectivity index (χ2v) is 12.2. The average molecular weight is 566 g/mol. The van der Waals surface area contributed by atoms with E-state index in [1.807, 2.05) is 52.0 Å². The second-order valence-electron chi connectivity index (χ2n) is 10.3. The van der Waals surface area contributed by atoms with Crippen molar-refractivity contribution in [1.29, 1.82) is 0 Å². The van der Waals surface area contributed by atoms with Gasteiger partial charge in [0.25, 0.3) is 10.0 Å². The predicted octanol–water partition coefficient (Wildman–Crippen LogP) is 4.70. The third-order valence-electron chi connectivity index (χ3n) is 6.57. The molecule has 0 aliphatic carbocycles. The molecule has 1 unspecified atom stereocenters. The van der Waals surface area contributed by atoms with E-state index >= 15 is 0 Å². The maximum absolute atomic E-state index is 14.0. The monoisotopic (exact) mass is 565 g/mol. The van der Waals surface area contributed by atoms with Gasteiger partial charge < -0.3 is 15.0 Å². The van der Waals surface area contributed by atoms with E-state index in [0.717, 1.165) is 21.0 Å². The van der Waals surface area contributed by atoms with Gasteiger partial charge in [-0.3, -0.25) is 13.9 Å². The number of methoxy groups -OCH3 is 1. The molecule has 2 amide bonds. The van der Waals surface area contributed by atoms with Crippen LogP contribution >= 0.6 is 0 Å². The van der Waals surface area contributed by atoms with Crippen molar-refractivity contribution >= 4 is 27.5 Å². The SMILES string of the molecule is COc1ccc(N(CC(=O)N(Cc2ccc(C)cc2)C(C)C(=O)NCC(C)C)S(=O)(=O)c2ccc(C)cc2)cc1. The smallest absolute Gasteiger partial charge is 0.264 e. The fourth-order valence-electron chi connectivity index (χ4n) is 4.04. The number of nitrogens with one attached hydrogen (secondary N) is 1. The van der Waals surface area contributed by atoms with Crippen molar-refractivity contribution < 1.29 is 22.7 Å². The highest BCUT2D eigenvalue weighted by atomic mass is 32.2. The molecule has 0 heterocycles. The minimum Gasteiger partial charge on any atom is -0.497 e. The summed E-state index contributed by atoms with van der Waals surface area (Å²) in [5, 5.41) is 2.89. The van der Waals surface area contributed by atoms with E-state index in [-0.39, 0.29) is 23.3 Å². The summed E-state index contributed by atoms with van der Waals surface area (Å²) in [6, 6.07) is 19.8. The highest BCUT2D eigenvalue weighted by molar-refractivity contribution is 7.92. The van der Waals surface area contributed by atoms with E-state index in [1.165, 1.54) is 24.1 Å². The quantitative estimate of drug-likeness (QED) is 0.344. The van der Waals surface area contributed by atoms with E-state index in [0.29, 0.717) is 18.0 Å². The molecule has 0 aromatic heterocycles. The third-order valence-corrected chi connectivity index (χ3v) is 8.36. The number of carbonyl (C=O) groups is 2. The summed E-state index contributed by atoms with van der Waals surface area (Å²) in [6.45, 7) is 9.61. The van der Waals surface area contributed by atoms with Gasteiger partial charge in [-0.15, -0.1) is 0 Å². The van der Waals surface area contributed by atoms with Crippen molar-refractivity contribution in [1.82, 2.24) is 10.2 Å². The van der Waals surface area contributed by atoms with Crippen LogP contribution in [0, 0.1) is 19.8 Å². The van der Waals surface area contributed by atoms with Crippen LogP contribution in [0.15, 0.2) is 77.7 Å². The Morgan fingerprint density at radius 2 is 1.40 bits per heavy atom. The summed E-state index contributed by atoms with van der Waals surface area (Å²) in [5.41, 5.74) is 3.12. The standard InChI is InChI=1S/C31H39N3O5S/c1-22(2)19-32-31(36)25(5)33(20-26-11-7-23(3)8-12-26)30(35)21-34(27-13-15-28(39-6)16-14-27)40(37,38)29-17-9-24(4)10-18-29/h7-18,22,25H,19-21H2,1-6H3,(H,32,36). The first-order valence-corrected chi connectivity index (χ1v) is 14.7. The first-order valence-electron chi connectivity index (χ1n) is 13.3. The van der Waals surface area contributed by atoms with E-state index in [4.69, 9.17) is 4.74 Å². The summed E-state index contributed by atoms with van der Waals surface area (Å²) in [6.07, 6.45) is 0. The molecule has 0 fully saturated rings. The maximum Gasteiger partial charge on any atom is 0.264 e. The van der Waals surface area contributed by atoms with Crippen LogP contribution in [0.5, 0.6) is 5.75 Å². The van der Waals surface area contributed by atoms with Gasteiger partial charge in [-0.25, -0.2) is 8.42 Å². The molecule has 40 heavy (non-hydrogen) atoms. The second kappa shape index (κ2) is 13.5. The zero-order valence-corrected chi connectivity index (χ0v) is 24.9. The van der Waals surface area contributed by atoms with Crippen LogP contribution in [0.3, 0.4) is 0 Å². The molecule has 0 saturated carbocycles. The number of amides is 2. The molecule has 0 spiro atoms. The normalized spacial score (nSPS) is 12.1. The van der Waals surface area contributed by atoms with Gasteiger partial charge in [-0.1, -0.05) is 61.4 Å². The lowest BCUT2D eigenvalue weighted by Gasteiger charge is -2.32. The largest absolute Gasteiger partial charge is 0.497 e. The van der Waals surface area contributed by atoms with E-state index in [2.05, 4.69) is 5.32 Å². The van der Waals surface area contributed by atoms with Crippen molar-refractivity contribution in [2.24, 2.45) is 5.92 Å². The number of benzene rings is 3. The molecule has 214 valence electrons. The van der Waals surface area contributed by atoms with Crippen LogP contribution in [-0.2, 0) is 26.2 Å². The molecule has 0 bridgehead atoms. The molecule has 3 rings (SSSR count). The van der Waals surface area contributed by atoms with Gasteiger partial charge in [0, 0.05) is 13.1 Å². The van der Waals surface area contributed by atoms with Gasteiger partial charge in [0.2, 0.25) is 11.8 Å². The van der Waals surface area contributed by atoms with E-state index in [1.54, 1.807) is 43.3 Å². The van der Waals surface area contributed by atoms with Crippen LogP contribution in [0.2, 0.25) is 0 Å². The predicted molar refractivity (Wildman–Crippen MR) is 158 cm³/mol. The molecule has 1 N–H and O–H groups in total. The van der Waals surface area contributed by atoms with Gasteiger partial charge in [-0.05, 0) is 68.7 Å². The van der Waals surface area contributed by atoms with E-state index < -0.39 is 28.5 Å². The van der Waals surface area contributed by atoms with Crippen molar-refractivity contribution in [2.75, 3.05) is 24.5 Å². The van der Waals surface area contributed by atoms with Crippen molar-refractivity contribution in [2.45, 2.75) is 52.1 Å². The van der Waals surface area contributed by atoms with Gasteiger partial charge in [0.1, 0.15) is 18.3 Å². The van der Waals surface area contributed by atoms with Crippen molar-refractivity contribution in [3.8, 4) is 5.75 Å². The number of hydrogen-bond acceptors (Lipinski definition) is 5. The number of hydrogen-bond donors (Lipinski definition) is 1. The number of carbonyl (C=O) groups excluding carboxylic acids is 2. The highest BCUT2D eigenvalue weighted by Crippen LogP contribution is 2.27. The van der Waals surface area contributed by atoms with Crippen molar-refractivity contribution in [3.05, 3.63) is 89.5 Å². The highest BCUT2D eigenvalue weighted by Gasteiger charge is 2.32. The summed E-state index contributed by atoms with van der Waals surface area (Å²) >= 11 is 0. The lowest BCUT2D eigenvalue weighted by atomic mass is 10.1. The third kappa shape index (κ3) is 7.85. The van der Waals surface area contributed by atoms with Gasteiger partial charge in [0.15, 0.2) is 0 Å².